The van der Waals surface area contributed by atoms with Crippen molar-refractivity contribution in [3.05, 3.63) is 0 Å². The molecule has 4 unspecified atom stereocenters. The van der Waals surface area contributed by atoms with Crippen LogP contribution < -0.4 is 5.32 Å². The van der Waals surface area contributed by atoms with Crippen LogP contribution in [-0.2, 0) is 4.74 Å². The Morgan fingerprint density at radius 2 is 2.05 bits per heavy atom. The van der Waals surface area contributed by atoms with Gasteiger partial charge in [0.1, 0.15) is 5.60 Å². The molecule has 1 N–H and O–H groups in total. The predicted octanol–water partition coefficient (Wildman–Crippen LogP) is 2.53. The second-order valence-corrected chi connectivity index (χ2v) is 7.29. The minimum absolute atomic E-state index is 0.0935. The highest BCUT2D eigenvalue weighted by Crippen LogP contribution is 2.43. The number of hydrogen-bond acceptors (Lipinski definition) is 3. The Kier molecular flexibility index (Phi) is 3.24. The Bertz CT molecular complexity index is 364. The molecule has 0 aromatic heterocycles. The second-order valence-electron chi connectivity index (χ2n) is 7.29. The van der Waals surface area contributed by atoms with E-state index < -0.39 is 5.60 Å². The van der Waals surface area contributed by atoms with Crippen LogP contribution in [0.15, 0.2) is 0 Å². The van der Waals surface area contributed by atoms with Crippen LogP contribution >= 0.6 is 0 Å². The third-order valence-electron chi connectivity index (χ3n) is 4.81. The average Bonchev–Trinajstić information content (AvgIpc) is 2.63. The van der Waals surface area contributed by atoms with Crippen molar-refractivity contribution in [2.45, 2.75) is 76.6 Å². The molecule has 0 aromatic rings. The maximum atomic E-state index is 12.4. The van der Waals surface area contributed by atoms with Crippen LogP contribution in [0.5, 0.6) is 0 Å². The lowest BCUT2D eigenvalue weighted by Crippen LogP contribution is -2.59. The first-order valence-electron chi connectivity index (χ1n) is 7.70. The first-order chi connectivity index (χ1) is 8.96. The summed E-state index contributed by atoms with van der Waals surface area (Å²) < 4.78 is 5.60. The molecule has 3 rings (SSSR count). The molecule has 0 spiro atoms. The maximum Gasteiger partial charge on any atom is 0.410 e. The van der Waals surface area contributed by atoms with E-state index in [4.69, 9.17) is 4.74 Å². The SMILES string of the molecule is CC(C)(C)OC(=O)N1C2CCC1C1CCCNC1C2. The molecule has 3 heterocycles. The van der Waals surface area contributed by atoms with Gasteiger partial charge in [-0.05, 0) is 65.3 Å². The molecule has 4 atom stereocenters. The number of piperidine rings is 2. The number of nitrogens with zero attached hydrogens (tertiary/aromatic N) is 1. The molecule has 3 saturated heterocycles. The molecule has 1 amide bonds. The standard InChI is InChI=1S/C15H26N2O2/c1-15(2,3)19-14(18)17-10-6-7-13(17)11-5-4-8-16-12(11)9-10/h10-13,16H,4-9H2,1-3H3. The lowest BCUT2D eigenvalue weighted by molar-refractivity contribution is -0.0117. The number of fused-ring (bicyclic) bond motifs is 4. The Morgan fingerprint density at radius 3 is 2.79 bits per heavy atom. The third-order valence-corrected chi connectivity index (χ3v) is 4.81. The number of ether oxygens (including phenoxy) is 1. The van der Waals surface area contributed by atoms with Crippen LogP contribution in [0.3, 0.4) is 0 Å². The fraction of sp³-hybridized carbons (Fsp3) is 0.933. The Balaban J connectivity index is 1.75. The average molecular weight is 266 g/mol. The van der Waals surface area contributed by atoms with Gasteiger partial charge in [0.25, 0.3) is 0 Å². The van der Waals surface area contributed by atoms with Gasteiger partial charge in [-0.1, -0.05) is 0 Å². The first kappa shape index (κ1) is 13.2. The van der Waals surface area contributed by atoms with Crippen molar-refractivity contribution in [3.63, 3.8) is 0 Å². The predicted molar refractivity (Wildman–Crippen MR) is 74.0 cm³/mol. The number of rotatable bonds is 0. The molecule has 19 heavy (non-hydrogen) atoms. The lowest BCUT2D eigenvalue weighted by Gasteiger charge is -2.47. The van der Waals surface area contributed by atoms with Crippen LogP contribution in [0.25, 0.3) is 0 Å². The topological polar surface area (TPSA) is 41.6 Å². The summed E-state index contributed by atoms with van der Waals surface area (Å²) in [6, 6.07) is 1.43. The monoisotopic (exact) mass is 266 g/mol. The van der Waals surface area contributed by atoms with E-state index in [1.54, 1.807) is 0 Å². The third kappa shape index (κ3) is 2.47. The van der Waals surface area contributed by atoms with Gasteiger partial charge in [-0.15, -0.1) is 0 Å². The summed E-state index contributed by atoms with van der Waals surface area (Å²) in [7, 11) is 0. The number of carbonyl (C=O) groups is 1. The van der Waals surface area contributed by atoms with Gasteiger partial charge in [-0.3, -0.25) is 0 Å². The van der Waals surface area contributed by atoms with Gasteiger partial charge in [-0.2, -0.15) is 0 Å². The van der Waals surface area contributed by atoms with Crippen molar-refractivity contribution in [1.29, 1.82) is 0 Å². The summed E-state index contributed by atoms with van der Waals surface area (Å²) >= 11 is 0. The zero-order valence-corrected chi connectivity index (χ0v) is 12.3. The van der Waals surface area contributed by atoms with Gasteiger partial charge in [-0.25, -0.2) is 4.79 Å². The molecule has 4 heteroatoms. The van der Waals surface area contributed by atoms with Crippen molar-refractivity contribution in [2.24, 2.45) is 5.92 Å². The van der Waals surface area contributed by atoms with Crippen molar-refractivity contribution in [3.8, 4) is 0 Å². The van der Waals surface area contributed by atoms with Gasteiger partial charge < -0.3 is 15.0 Å². The summed E-state index contributed by atoms with van der Waals surface area (Å²) in [4.78, 5) is 14.5. The molecule has 2 bridgehead atoms. The highest BCUT2D eigenvalue weighted by molar-refractivity contribution is 5.69. The van der Waals surface area contributed by atoms with E-state index in [1.807, 2.05) is 20.8 Å². The summed E-state index contributed by atoms with van der Waals surface area (Å²) in [5.41, 5.74) is -0.391. The number of nitrogens with one attached hydrogen (secondary N) is 1. The van der Waals surface area contributed by atoms with Gasteiger partial charge in [0.2, 0.25) is 0 Å². The van der Waals surface area contributed by atoms with E-state index in [0.717, 1.165) is 25.8 Å². The van der Waals surface area contributed by atoms with Gasteiger partial charge >= 0.3 is 6.09 Å². The first-order valence-corrected chi connectivity index (χ1v) is 7.70. The number of amides is 1. The van der Waals surface area contributed by atoms with Gasteiger partial charge in [0, 0.05) is 18.1 Å². The van der Waals surface area contributed by atoms with Crippen LogP contribution in [0.2, 0.25) is 0 Å². The highest BCUT2D eigenvalue weighted by Gasteiger charge is 2.50. The molecule has 108 valence electrons. The minimum Gasteiger partial charge on any atom is -0.444 e. The lowest BCUT2D eigenvalue weighted by atomic mass is 9.80. The zero-order valence-electron chi connectivity index (χ0n) is 12.3. The molecule has 3 fully saturated rings. The van der Waals surface area contributed by atoms with Crippen LogP contribution in [0, 0.1) is 5.92 Å². The zero-order chi connectivity index (χ0) is 13.6. The minimum atomic E-state index is -0.391. The van der Waals surface area contributed by atoms with Crippen molar-refractivity contribution >= 4 is 6.09 Å². The molecule has 3 aliphatic heterocycles. The van der Waals surface area contributed by atoms with E-state index in [9.17, 15) is 4.79 Å². The van der Waals surface area contributed by atoms with Gasteiger partial charge in [0.05, 0.1) is 0 Å². The number of hydrogen-bond donors (Lipinski definition) is 1. The van der Waals surface area contributed by atoms with E-state index in [-0.39, 0.29) is 6.09 Å². The van der Waals surface area contributed by atoms with E-state index in [1.165, 1.54) is 12.8 Å². The normalized spacial score (nSPS) is 37.9. The van der Waals surface area contributed by atoms with E-state index in [2.05, 4.69) is 10.2 Å². The second kappa shape index (κ2) is 4.65. The van der Waals surface area contributed by atoms with E-state index >= 15 is 0 Å². The molecular formula is C15H26N2O2. The molecule has 4 nitrogen and oxygen atoms in total. The van der Waals surface area contributed by atoms with Gasteiger partial charge in [0.15, 0.2) is 0 Å². The molecule has 0 radical (unpaired) electrons. The van der Waals surface area contributed by atoms with Crippen molar-refractivity contribution < 1.29 is 9.53 Å². The summed E-state index contributed by atoms with van der Waals surface area (Å²) in [5, 5.41) is 3.65. The maximum absolute atomic E-state index is 12.4. The quantitative estimate of drug-likeness (QED) is 0.732. The highest BCUT2D eigenvalue weighted by atomic mass is 16.6. The summed E-state index contributed by atoms with van der Waals surface area (Å²) in [5.74, 6) is 0.639. The number of carbonyl (C=O) groups excluding carboxylic acids is 1. The van der Waals surface area contributed by atoms with Crippen molar-refractivity contribution in [2.75, 3.05) is 6.54 Å². The van der Waals surface area contributed by atoms with Crippen molar-refractivity contribution in [1.82, 2.24) is 10.2 Å². The molecular weight excluding hydrogens is 240 g/mol. The fourth-order valence-electron chi connectivity index (χ4n) is 4.15. The molecule has 3 aliphatic rings. The molecule has 0 aromatic carbocycles. The fourth-order valence-corrected chi connectivity index (χ4v) is 4.15. The Morgan fingerprint density at radius 1 is 1.26 bits per heavy atom. The smallest absolute Gasteiger partial charge is 0.410 e. The van der Waals surface area contributed by atoms with Crippen LogP contribution in [0.1, 0.15) is 52.9 Å². The van der Waals surface area contributed by atoms with Crippen LogP contribution in [-0.4, -0.2) is 41.3 Å². The summed E-state index contributed by atoms with van der Waals surface area (Å²) in [6.45, 7) is 6.98. The van der Waals surface area contributed by atoms with E-state index in [0.29, 0.717) is 24.0 Å². The molecule has 0 saturated carbocycles. The Hall–Kier alpha value is -0.770. The molecule has 0 aliphatic carbocycles. The van der Waals surface area contributed by atoms with Crippen LogP contribution in [0.4, 0.5) is 4.79 Å². The summed E-state index contributed by atoms with van der Waals surface area (Å²) in [6.07, 6.45) is 5.83. The Labute approximate surface area is 115 Å². The largest absolute Gasteiger partial charge is 0.444 e.